The van der Waals surface area contributed by atoms with Gasteiger partial charge in [0.15, 0.2) is 11.2 Å². The van der Waals surface area contributed by atoms with Gasteiger partial charge in [0, 0.05) is 13.1 Å². The molecule has 0 aliphatic carbocycles. The number of carbonyl (C=O) groups is 2. The van der Waals surface area contributed by atoms with Gasteiger partial charge in [-0.2, -0.15) is 0 Å². The molecule has 0 spiro atoms. The molecule has 1 unspecified atom stereocenters. The van der Waals surface area contributed by atoms with Crippen LogP contribution in [0.25, 0.3) is 10.2 Å². The normalized spacial score (nSPS) is 14.6. The summed E-state index contributed by atoms with van der Waals surface area (Å²) in [7, 11) is 0. The average Bonchev–Trinajstić information content (AvgIpc) is 3.06. The Bertz CT molecular complexity index is 1030. The smallest absolute Gasteiger partial charge is 0.338 e. The first-order valence-corrected chi connectivity index (χ1v) is 9.55. The number of benzene rings is 2. The van der Waals surface area contributed by atoms with Gasteiger partial charge in [-0.15, -0.1) is 0 Å². The summed E-state index contributed by atoms with van der Waals surface area (Å²) in [6, 6.07) is 13.2. The molecule has 2 aromatic carbocycles. The van der Waals surface area contributed by atoms with Gasteiger partial charge in [0.1, 0.15) is 0 Å². The van der Waals surface area contributed by atoms with E-state index < -0.39 is 12.1 Å². The van der Waals surface area contributed by atoms with Gasteiger partial charge in [-0.25, -0.2) is 9.78 Å². The number of nitrogens with zero attached hydrogens (tertiary/aromatic N) is 2. The summed E-state index contributed by atoms with van der Waals surface area (Å²) < 4.78 is 6.23. The second kappa shape index (κ2) is 7.00. The second-order valence-corrected chi connectivity index (χ2v) is 7.62. The van der Waals surface area contributed by atoms with E-state index in [0.29, 0.717) is 23.8 Å². The van der Waals surface area contributed by atoms with Crippen LogP contribution in [0.15, 0.2) is 42.5 Å². The van der Waals surface area contributed by atoms with Crippen LogP contribution in [-0.2, 0) is 22.5 Å². The Morgan fingerprint density at radius 3 is 2.81 bits per heavy atom. The van der Waals surface area contributed by atoms with Crippen molar-refractivity contribution in [3.63, 3.8) is 0 Å². The molecule has 1 amide bonds. The molecule has 138 valence electrons. The van der Waals surface area contributed by atoms with Gasteiger partial charge in [0.2, 0.25) is 0 Å². The highest BCUT2D eigenvalue weighted by atomic mass is 32.1. The van der Waals surface area contributed by atoms with Gasteiger partial charge in [-0.05, 0) is 42.7 Å². The topological polar surface area (TPSA) is 85.5 Å². The molecule has 0 radical (unpaired) electrons. The number of hydrogen-bond donors (Lipinski definition) is 1. The Kier molecular flexibility index (Phi) is 4.53. The first-order valence-electron chi connectivity index (χ1n) is 8.74. The predicted molar refractivity (Wildman–Crippen MR) is 104 cm³/mol. The van der Waals surface area contributed by atoms with Crippen molar-refractivity contribution in [2.45, 2.75) is 26.0 Å². The molecular formula is C20H19N3O3S. The molecule has 0 saturated heterocycles. The lowest BCUT2D eigenvalue weighted by molar-refractivity contribution is -0.140. The van der Waals surface area contributed by atoms with Crippen molar-refractivity contribution < 1.29 is 14.3 Å². The Morgan fingerprint density at radius 1 is 1.22 bits per heavy atom. The molecule has 2 N–H and O–H groups in total. The van der Waals surface area contributed by atoms with Crippen LogP contribution in [0.3, 0.4) is 0 Å². The number of hydrogen-bond acceptors (Lipinski definition) is 6. The number of carbonyl (C=O) groups excluding carboxylic acids is 2. The zero-order chi connectivity index (χ0) is 19.0. The lowest BCUT2D eigenvalue weighted by Crippen LogP contribution is -2.42. The first kappa shape index (κ1) is 17.5. The molecule has 1 aliphatic rings. The van der Waals surface area contributed by atoms with E-state index in [1.807, 2.05) is 18.2 Å². The van der Waals surface area contributed by atoms with Gasteiger partial charge < -0.3 is 15.4 Å². The maximum atomic E-state index is 12.7. The van der Waals surface area contributed by atoms with Crippen LogP contribution in [0.1, 0.15) is 28.4 Å². The van der Waals surface area contributed by atoms with Crippen LogP contribution >= 0.6 is 11.3 Å². The minimum atomic E-state index is -0.843. The summed E-state index contributed by atoms with van der Waals surface area (Å²) in [4.78, 5) is 31.1. The van der Waals surface area contributed by atoms with E-state index in [1.54, 1.807) is 30.0 Å². The number of nitrogens with two attached hydrogens (primary N) is 1. The van der Waals surface area contributed by atoms with Crippen molar-refractivity contribution in [3.05, 3.63) is 59.2 Å². The molecule has 1 atom stereocenters. The molecule has 1 aliphatic heterocycles. The summed E-state index contributed by atoms with van der Waals surface area (Å²) in [5.41, 5.74) is 9.23. The molecule has 4 rings (SSSR count). The third-order valence-corrected chi connectivity index (χ3v) is 5.56. The number of ether oxygens (including phenoxy) is 1. The van der Waals surface area contributed by atoms with Crippen LogP contribution in [0.2, 0.25) is 0 Å². The molecule has 0 saturated carbocycles. The fourth-order valence-corrected chi connectivity index (χ4v) is 4.06. The van der Waals surface area contributed by atoms with Gasteiger partial charge in [-0.3, -0.25) is 4.79 Å². The number of amides is 1. The minimum absolute atomic E-state index is 0.180. The van der Waals surface area contributed by atoms with Crippen molar-refractivity contribution in [2.75, 3.05) is 12.3 Å². The van der Waals surface area contributed by atoms with Crippen LogP contribution in [0, 0.1) is 0 Å². The van der Waals surface area contributed by atoms with E-state index in [2.05, 4.69) is 11.1 Å². The maximum absolute atomic E-state index is 12.7. The third-order valence-electron chi connectivity index (χ3n) is 4.71. The molecule has 6 nitrogen and oxygen atoms in total. The molecule has 27 heavy (non-hydrogen) atoms. The Hall–Kier alpha value is -2.93. The minimum Gasteiger partial charge on any atom is -0.449 e. The van der Waals surface area contributed by atoms with E-state index in [-0.39, 0.29) is 5.91 Å². The number of anilines is 1. The summed E-state index contributed by atoms with van der Waals surface area (Å²) in [5, 5.41) is 0.449. The van der Waals surface area contributed by atoms with Crippen LogP contribution in [0.5, 0.6) is 0 Å². The van der Waals surface area contributed by atoms with Gasteiger partial charge >= 0.3 is 5.97 Å². The molecule has 2 heterocycles. The highest BCUT2D eigenvalue weighted by Gasteiger charge is 2.27. The van der Waals surface area contributed by atoms with E-state index in [9.17, 15) is 9.59 Å². The number of aromatic nitrogens is 1. The number of thiazole rings is 1. The largest absolute Gasteiger partial charge is 0.449 e. The Morgan fingerprint density at radius 2 is 2.00 bits per heavy atom. The molecule has 0 bridgehead atoms. The van der Waals surface area contributed by atoms with E-state index in [1.165, 1.54) is 16.9 Å². The summed E-state index contributed by atoms with van der Waals surface area (Å²) in [6.07, 6.45) is -0.0310. The van der Waals surface area contributed by atoms with E-state index >= 15 is 0 Å². The molecule has 3 aromatic rings. The van der Waals surface area contributed by atoms with Crippen molar-refractivity contribution in [1.29, 1.82) is 0 Å². The standard InChI is InChI=1S/C20H19N3O3S/c1-12(18(24)23-9-8-13-4-2-3-5-15(13)11-23)26-19(25)14-6-7-16-17(10-14)27-20(21)22-16/h2-7,10,12H,8-9,11H2,1H3,(H2,21,22). The average molecular weight is 381 g/mol. The number of fused-ring (bicyclic) bond motifs is 2. The Balaban J connectivity index is 1.44. The zero-order valence-electron chi connectivity index (χ0n) is 14.8. The van der Waals surface area contributed by atoms with Crippen molar-refractivity contribution in [3.8, 4) is 0 Å². The van der Waals surface area contributed by atoms with Gasteiger partial charge in [0.25, 0.3) is 5.91 Å². The van der Waals surface area contributed by atoms with E-state index in [4.69, 9.17) is 10.5 Å². The molecule has 0 fully saturated rings. The Labute approximate surface area is 160 Å². The highest BCUT2D eigenvalue weighted by Crippen LogP contribution is 2.25. The lowest BCUT2D eigenvalue weighted by atomic mass is 9.99. The van der Waals surface area contributed by atoms with Crippen LogP contribution in [0.4, 0.5) is 5.13 Å². The molecular weight excluding hydrogens is 362 g/mol. The quantitative estimate of drug-likeness (QED) is 0.705. The highest BCUT2D eigenvalue weighted by molar-refractivity contribution is 7.22. The summed E-state index contributed by atoms with van der Waals surface area (Å²) in [5.74, 6) is -0.705. The summed E-state index contributed by atoms with van der Waals surface area (Å²) in [6.45, 7) is 2.79. The van der Waals surface area contributed by atoms with Crippen LogP contribution < -0.4 is 5.73 Å². The van der Waals surface area contributed by atoms with Gasteiger partial charge in [0.05, 0.1) is 15.8 Å². The van der Waals surface area contributed by atoms with Gasteiger partial charge in [-0.1, -0.05) is 35.6 Å². The molecule has 1 aromatic heterocycles. The third kappa shape index (κ3) is 3.50. The van der Waals surface area contributed by atoms with Crippen LogP contribution in [-0.4, -0.2) is 34.4 Å². The van der Waals surface area contributed by atoms with E-state index in [0.717, 1.165) is 22.2 Å². The fraction of sp³-hybridized carbons (Fsp3) is 0.250. The first-order chi connectivity index (χ1) is 13.0. The van der Waals surface area contributed by atoms with Crippen molar-refractivity contribution in [2.24, 2.45) is 0 Å². The summed E-state index contributed by atoms with van der Waals surface area (Å²) >= 11 is 1.31. The maximum Gasteiger partial charge on any atom is 0.338 e. The lowest BCUT2D eigenvalue weighted by Gasteiger charge is -2.30. The number of nitrogen functional groups attached to an aromatic ring is 1. The predicted octanol–water partition coefficient (Wildman–Crippen LogP) is 3.01. The molecule has 7 heteroatoms. The van der Waals surface area contributed by atoms with Crippen molar-refractivity contribution >= 4 is 38.6 Å². The second-order valence-electron chi connectivity index (χ2n) is 6.56. The fourth-order valence-electron chi connectivity index (χ4n) is 3.29. The van der Waals surface area contributed by atoms with Crippen molar-refractivity contribution in [1.82, 2.24) is 9.88 Å². The monoisotopic (exact) mass is 381 g/mol. The number of esters is 1. The zero-order valence-corrected chi connectivity index (χ0v) is 15.7. The SMILES string of the molecule is CC(OC(=O)c1ccc2nc(N)sc2c1)C(=O)N1CCc2ccccc2C1. The number of rotatable bonds is 3.